The van der Waals surface area contributed by atoms with E-state index in [9.17, 15) is 4.79 Å². The summed E-state index contributed by atoms with van der Waals surface area (Å²) in [6, 6.07) is 0. The number of aliphatic imine (C=N–C) groups is 1. The second kappa shape index (κ2) is 13.5. The number of halogens is 1. The van der Waals surface area contributed by atoms with E-state index in [1.54, 1.807) is 7.11 Å². The van der Waals surface area contributed by atoms with Gasteiger partial charge in [0, 0.05) is 26.7 Å². The fourth-order valence-electron chi connectivity index (χ4n) is 1.01. The van der Waals surface area contributed by atoms with Gasteiger partial charge in [0.15, 0.2) is 5.96 Å². The maximum Gasteiger partial charge on any atom is 0.241 e. The number of guanidine groups is 1. The highest BCUT2D eigenvalue weighted by molar-refractivity contribution is 14.0. The van der Waals surface area contributed by atoms with Crippen molar-refractivity contribution in [2.24, 2.45) is 4.99 Å². The Hall–Kier alpha value is -0.570. The van der Waals surface area contributed by atoms with Crippen LogP contribution in [0.25, 0.3) is 0 Å². The van der Waals surface area contributed by atoms with E-state index in [-0.39, 0.29) is 36.4 Å². The Morgan fingerprint density at radius 2 is 1.76 bits per heavy atom. The second-order valence-electron chi connectivity index (χ2n) is 3.07. The minimum absolute atomic E-state index is 0. The summed E-state index contributed by atoms with van der Waals surface area (Å²) in [5.41, 5.74) is 0. The van der Waals surface area contributed by atoms with Crippen LogP contribution in [-0.2, 0) is 9.53 Å². The quantitative estimate of drug-likeness (QED) is 0.258. The standard InChI is InChI=1S/C10H22N4O2.HI/c1-4-11-10(12-5-2)14-8-9(15)13-6-7-16-3;/h4-8H2,1-3H3,(H,13,15)(H2,11,12,14);1H. The van der Waals surface area contributed by atoms with Crippen LogP contribution in [0.2, 0.25) is 0 Å². The first-order valence-corrected chi connectivity index (χ1v) is 5.52. The average molecular weight is 358 g/mol. The third-order valence-electron chi connectivity index (χ3n) is 1.70. The molecule has 0 unspecified atom stereocenters. The lowest BCUT2D eigenvalue weighted by Gasteiger charge is -2.09. The number of hydrogen-bond acceptors (Lipinski definition) is 3. The number of methoxy groups -OCH3 is 1. The molecule has 0 aromatic heterocycles. The molecule has 0 heterocycles. The first kappa shape index (κ1) is 18.8. The molecule has 0 atom stereocenters. The largest absolute Gasteiger partial charge is 0.383 e. The van der Waals surface area contributed by atoms with Gasteiger partial charge < -0.3 is 20.7 Å². The van der Waals surface area contributed by atoms with Crippen molar-refractivity contribution in [2.75, 3.05) is 39.9 Å². The SMILES string of the molecule is CCNC(=NCC(=O)NCCOC)NCC.I. The van der Waals surface area contributed by atoms with Crippen molar-refractivity contribution in [1.29, 1.82) is 0 Å². The molecule has 0 saturated carbocycles. The molecule has 17 heavy (non-hydrogen) atoms. The lowest BCUT2D eigenvalue weighted by molar-refractivity contribution is -0.119. The van der Waals surface area contributed by atoms with Crippen LogP contribution in [0.4, 0.5) is 0 Å². The van der Waals surface area contributed by atoms with Crippen LogP contribution >= 0.6 is 24.0 Å². The van der Waals surface area contributed by atoms with Crippen molar-refractivity contribution in [3.63, 3.8) is 0 Å². The number of carbonyl (C=O) groups is 1. The van der Waals surface area contributed by atoms with Gasteiger partial charge in [-0.1, -0.05) is 0 Å². The molecule has 0 radical (unpaired) electrons. The minimum Gasteiger partial charge on any atom is -0.383 e. The van der Waals surface area contributed by atoms with E-state index in [0.717, 1.165) is 13.1 Å². The summed E-state index contributed by atoms with van der Waals surface area (Å²) in [6.45, 7) is 6.66. The lowest BCUT2D eigenvalue weighted by Crippen LogP contribution is -2.38. The molecule has 0 aromatic carbocycles. The molecule has 0 bridgehead atoms. The summed E-state index contributed by atoms with van der Waals surface area (Å²) in [6.07, 6.45) is 0. The second-order valence-corrected chi connectivity index (χ2v) is 3.07. The van der Waals surface area contributed by atoms with Crippen molar-refractivity contribution in [3.8, 4) is 0 Å². The van der Waals surface area contributed by atoms with Gasteiger partial charge in [-0.2, -0.15) is 0 Å². The van der Waals surface area contributed by atoms with Crippen LogP contribution in [0.15, 0.2) is 4.99 Å². The van der Waals surface area contributed by atoms with Crippen LogP contribution in [0.3, 0.4) is 0 Å². The number of hydrogen-bond donors (Lipinski definition) is 3. The van der Waals surface area contributed by atoms with E-state index >= 15 is 0 Å². The third-order valence-corrected chi connectivity index (χ3v) is 1.70. The molecule has 0 rings (SSSR count). The molecule has 1 amide bonds. The van der Waals surface area contributed by atoms with Crippen LogP contribution < -0.4 is 16.0 Å². The highest BCUT2D eigenvalue weighted by Gasteiger charge is 2.00. The fraction of sp³-hybridized carbons (Fsp3) is 0.800. The molecular weight excluding hydrogens is 335 g/mol. The Bertz CT molecular complexity index is 216. The van der Waals surface area contributed by atoms with E-state index in [0.29, 0.717) is 19.1 Å². The average Bonchev–Trinajstić information content (AvgIpc) is 2.27. The molecule has 0 spiro atoms. The molecule has 0 aliphatic carbocycles. The topological polar surface area (TPSA) is 74.8 Å². The van der Waals surface area contributed by atoms with Gasteiger partial charge in [-0.3, -0.25) is 4.79 Å². The van der Waals surface area contributed by atoms with Gasteiger partial charge in [-0.05, 0) is 13.8 Å². The van der Waals surface area contributed by atoms with E-state index < -0.39 is 0 Å². The molecule has 6 nitrogen and oxygen atoms in total. The maximum absolute atomic E-state index is 11.3. The summed E-state index contributed by atoms with van der Waals surface area (Å²) in [7, 11) is 1.60. The molecule has 3 N–H and O–H groups in total. The molecule has 0 aliphatic heterocycles. The highest BCUT2D eigenvalue weighted by Crippen LogP contribution is 1.75. The number of carbonyl (C=O) groups excluding carboxylic acids is 1. The van der Waals surface area contributed by atoms with Gasteiger partial charge in [-0.15, -0.1) is 24.0 Å². The van der Waals surface area contributed by atoms with Gasteiger partial charge in [0.05, 0.1) is 6.61 Å². The third kappa shape index (κ3) is 11.7. The number of ether oxygens (including phenoxy) is 1. The zero-order chi connectivity index (χ0) is 12.2. The van der Waals surface area contributed by atoms with Crippen molar-refractivity contribution in [1.82, 2.24) is 16.0 Å². The van der Waals surface area contributed by atoms with E-state index in [1.807, 2.05) is 13.8 Å². The van der Waals surface area contributed by atoms with Gasteiger partial charge in [0.2, 0.25) is 5.91 Å². The minimum atomic E-state index is -0.106. The number of amides is 1. The van der Waals surface area contributed by atoms with E-state index in [1.165, 1.54) is 0 Å². The fourth-order valence-corrected chi connectivity index (χ4v) is 1.01. The summed E-state index contributed by atoms with van der Waals surface area (Å²) < 4.78 is 4.82. The van der Waals surface area contributed by atoms with E-state index in [2.05, 4.69) is 20.9 Å². The first-order valence-electron chi connectivity index (χ1n) is 5.52. The summed E-state index contributed by atoms with van der Waals surface area (Å²) in [4.78, 5) is 15.4. The Labute approximate surface area is 120 Å². The number of rotatable bonds is 7. The molecule has 102 valence electrons. The smallest absolute Gasteiger partial charge is 0.241 e. The Balaban J connectivity index is 0. The zero-order valence-corrected chi connectivity index (χ0v) is 13.0. The molecule has 0 fully saturated rings. The molecule has 7 heteroatoms. The van der Waals surface area contributed by atoms with Crippen LogP contribution in [0, 0.1) is 0 Å². The molecular formula is C10H23IN4O2. The Kier molecular flexibility index (Phi) is 14.9. The van der Waals surface area contributed by atoms with Gasteiger partial charge in [0.1, 0.15) is 6.54 Å². The summed E-state index contributed by atoms with van der Waals surface area (Å²) >= 11 is 0. The van der Waals surface area contributed by atoms with Crippen LogP contribution in [0.1, 0.15) is 13.8 Å². The molecule has 0 saturated heterocycles. The first-order chi connectivity index (χ1) is 7.74. The monoisotopic (exact) mass is 358 g/mol. The van der Waals surface area contributed by atoms with Crippen LogP contribution in [0.5, 0.6) is 0 Å². The van der Waals surface area contributed by atoms with Crippen molar-refractivity contribution in [3.05, 3.63) is 0 Å². The predicted octanol–water partition coefficient (Wildman–Crippen LogP) is -0.0580. The van der Waals surface area contributed by atoms with Crippen molar-refractivity contribution < 1.29 is 9.53 Å². The van der Waals surface area contributed by atoms with Gasteiger partial charge in [0.25, 0.3) is 0 Å². The highest BCUT2D eigenvalue weighted by atomic mass is 127. The maximum atomic E-state index is 11.3. The van der Waals surface area contributed by atoms with E-state index in [4.69, 9.17) is 4.74 Å². The van der Waals surface area contributed by atoms with Crippen molar-refractivity contribution in [2.45, 2.75) is 13.8 Å². The summed E-state index contributed by atoms with van der Waals surface area (Å²) in [5.74, 6) is 0.553. The normalized spacial score (nSPS) is 8.88. The van der Waals surface area contributed by atoms with Crippen molar-refractivity contribution >= 4 is 35.8 Å². The predicted molar refractivity (Wildman–Crippen MR) is 80.0 cm³/mol. The Morgan fingerprint density at radius 3 is 2.24 bits per heavy atom. The van der Waals surface area contributed by atoms with Crippen LogP contribution in [-0.4, -0.2) is 51.8 Å². The molecule has 0 aromatic rings. The lowest BCUT2D eigenvalue weighted by atomic mass is 10.5. The Morgan fingerprint density at radius 1 is 1.18 bits per heavy atom. The van der Waals surface area contributed by atoms with Gasteiger partial charge >= 0.3 is 0 Å². The number of nitrogens with one attached hydrogen (secondary N) is 3. The summed E-state index contributed by atoms with van der Waals surface area (Å²) in [5, 5.41) is 8.78. The molecule has 0 aliphatic rings. The van der Waals surface area contributed by atoms with Gasteiger partial charge in [-0.25, -0.2) is 4.99 Å². The number of nitrogens with zero attached hydrogens (tertiary/aromatic N) is 1. The zero-order valence-electron chi connectivity index (χ0n) is 10.7.